The van der Waals surface area contributed by atoms with Crippen LogP contribution >= 0.6 is 0 Å². The van der Waals surface area contributed by atoms with Crippen LogP contribution in [0.4, 0.5) is 0 Å². The van der Waals surface area contributed by atoms with Crippen molar-refractivity contribution >= 4 is 10.1 Å². The van der Waals surface area contributed by atoms with Crippen LogP contribution in [0.15, 0.2) is 30.3 Å². The van der Waals surface area contributed by atoms with Gasteiger partial charge in [0.2, 0.25) is 0 Å². The number of benzene rings is 1. The Kier molecular flexibility index (Phi) is 6.47. The van der Waals surface area contributed by atoms with Gasteiger partial charge >= 0.3 is 0 Å². The molecule has 0 heterocycles. The van der Waals surface area contributed by atoms with Crippen molar-refractivity contribution in [1.29, 1.82) is 0 Å². The summed E-state index contributed by atoms with van der Waals surface area (Å²) in [5.74, 6) is 5.53. The fraction of sp³-hybridized carbons (Fsp3) is 0.333. The molecule has 3 nitrogen and oxygen atoms in total. The van der Waals surface area contributed by atoms with Gasteiger partial charge in [-0.3, -0.25) is 4.55 Å². The van der Waals surface area contributed by atoms with Crippen LogP contribution in [-0.2, 0) is 10.1 Å². The van der Waals surface area contributed by atoms with Crippen molar-refractivity contribution in [3.8, 4) is 11.8 Å². The second-order valence-electron chi connectivity index (χ2n) is 3.06. The molecule has 4 heteroatoms. The summed E-state index contributed by atoms with van der Waals surface area (Å²) in [7, 11) is -3.84. The Hall–Kier alpha value is -1.31. The molecule has 1 rings (SSSR count). The van der Waals surface area contributed by atoms with Crippen molar-refractivity contribution in [2.45, 2.75) is 20.3 Å². The predicted octanol–water partition coefficient (Wildman–Crippen LogP) is 2.34. The van der Waals surface area contributed by atoms with Gasteiger partial charge in [-0.25, -0.2) is 0 Å². The zero-order valence-electron chi connectivity index (χ0n) is 8.18. The summed E-state index contributed by atoms with van der Waals surface area (Å²) in [6.45, 7) is 0. The van der Waals surface area contributed by atoms with E-state index >= 15 is 0 Å². The highest BCUT2D eigenvalue weighted by Gasteiger charge is 2.01. The van der Waals surface area contributed by atoms with E-state index in [9.17, 15) is 8.42 Å². The standard InChI is InChI=1S/C11H12O3S.CH4/c12-15(13,14)10-6-2-5-9-11-7-3-1-4-8-11;/h1,3-4,7-8H,2,6,10H2,(H,12,13,14);1H4. The highest BCUT2D eigenvalue weighted by molar-refractivity contribution is 7.85. The minimum atomic E-state index is -3.84. The maximum atomic E-state index is 10.4. The second-order valence-corrected chi connectivity index (χ2v) is 4.63. The van der Waals surface area contributed by atoms with Crippen LogP contribution in [0, 0.1) is 11.8 Å². The average Bonchev–Trinajstić information content (AvgIpc) is 2.17. The first-order valence-electron chi connectivity index (χ1n) is 4.57. The molecule has 0 aromatic heterocycles. The minimum absolute atomic E-state index is 0. The SMILES string of the molecule is C.O=S(=O)(O)CCCC#Cc1ccccc1. The van der Waals surface area contributed by atoms with Gasteiger partial charge in [0.15, 0.2) is 0 Å². The van der Waals surface area contributed by atoms with E-state index in [4.69, 9.17) is 4.55 Å². The molecule has 0 aliphatic carbocycles. The molecule has 0 aliphatic rings. The third-order valence-electron chi connectivity index (χ3n) is 1.71. The smallest absolute Gasteiger partial charge is 0.264 e. The molecule has 0 spiro atoms. The van der Waals surface area contributed by atoms with Crippen LogP contribution in [0.25, 0.3) is 0 Å². The number of rotatable bonds is 3. The van der Waals surface area contributed by atoms with Gasteiger partial charge in [0.25, 0.3) is 10.1 Å². The first kappa shape index (κ1) is 14.7. The van der Waals surface area contributed by atoms with E-state index in [-0.39, 0.29) is 13.2 Å². The lowest BCUT2D eigenvalue weighted by molar-refractivity contribution is 0.481. The third kappa shape index (κ3) is 7.04. The van der Waals surface area contributed by atoms with Crippen molar-refractivity contribution in [1.82, 2.24) is 0 Å². The molecule has 88 valence electrons. The molecule has 0 aliphatic heterocycles. The van der Waals surface area contributed by atoms with E-state index < -0.39 is 10.1 Å². The van der Waals surface area contributed by atoms with Crippen LogP contribution in [0.5, 0.6) is 0 Å². The molecule has 0 bridgehead atoms. The fourth-order valence-corrected chi connectivity index (χ4v) is 1.54. The zero-order valence-corrected chi connectivity index (χ0v) is 9.00. The van der Waals surface area contributed by atoms with Gasteiger partial charge in [-0.15, -0.1) is 0 Å². The van der Waals surface area contributed by atoms with Crippen LogP contribution in [-0.4, -0.2) is 18.7 Å². The van der Waals surface area contributed by atoms with Gasteiger partial charge in [0, 0.05) is 12.0 Å². The molecule has 1 aromatic rings. The van der Waals surface area contributed by atoms with Crippen molar-refractivity contribution in [2.24, 2.45) is 0 Å². The summed E-state index contributed by atoms with van der Waals surface area (Å²) in [6.07, 6.45) is 0.827. The first-order valence-corrected chi connectivity index (χ1v) is 6.18. The summed E-state index contributed by atoms with van der Waals surface area (Å²) < 4.78 is 29.2. The minimum Gasteiger partial charge on any atom is -0.286 e. The molecular formula is C12H16O3S. The van der Waals surface area contributed by atoms with Crippen molar-refractivity contribution in [3.05, 3.63) is 35.9 Å². The molecule has 1 N–H and O–H groups in total. The van der Waals surface area contributed by atoms with Crippen molar-refractivity contribution in [2.75, 3.05) is 5.75 Å². The Labute approximate surface area is 97.3 Å². The molecule has 0 amide bonds. The van der Waals surface area contributed by atoms with Crippen LogP contribution < -0.4 is 0 Å². The van der Waals surface area contributed by atoms with Crippen LogP contribution in [0.1, 0.15) is 25.8 Å². The molecule has 0 saturated carbocycles. The van der Waals surface area contributed by atoms with Crippen molar-refractivity contribution in [3.63, 3.8) is 0 Å². The van der Waals surface area contributed by atoms with E-state index in [1.165, 1.54) is 0 Å². The van der Waals surface area contributed by atoms with Gasteiger partial charge in [-0.05, 0) is 18.6 Å². The topological polar surface area (TPSA) is 54.4 Å². The summed E-state index contributed by atoms with van der Waals surface area (Å²) in [5.41, 5.74) is 0.907. The van der Waals surface area contributed by atoms with E-state index in [2.05, 4.69) is 11.8 Å². The highest BCUT2D eigenvalue weighted by Crippen LogP contribution is 1.96. The van der Waals surface area contributed by atoms with Gasteiger partial charge in [0.05, 0.1) is 5.75 Å². The number of unbranched alkanes of at least 4 members (excludes halogenated alkanes) is 1. The summed E-state index contributed by atoms with van der Waals surface area (Å²) in [5, 5.41) is 0. The lowest BCUT2D eigenvalue weighted by atomic mass is 10.2. The highest BCUT2D eigenvalue weighted by atomic mass is 32.2. The molecule has 0 unspecified atom stereocenters. The molecular weight excluding hydrogens is 224 g/mol. The van der Waals surface area contributed by atoms with Gasteiger partial charge in [0.1, 0.15) is 0 Å². The Morgan fingerprint density at radius 2 is 1.81 bits per heavy atom. The van der Waals surface area contributed by atoms with Gasteiger partial charge in [-0.2, -0.15) is 8.42 Å². The maximum Gasteiger partial charge on any atom is 0.264 e. The quantitative estimate of drug-likeness (QED) is 0.501. The van der Waals surface area contributed by atoms with E-state index in [1.807, 2.05) is 30.3 Å². The molecule has 16 heavy (non-hydrogen) atoms. The second kappa shape index (κ2) is 7.04. The summed E-state index contributed by atoms with van der Waals surface area (Å²) in [6, 6.07) is 9.46. The van der Waals surface area contributed by atoms with E-state index in [1.54, 1.807) is 0 Å². The molecule has 0 radical (unpaired) electrons. The lowest BCUT2D eigenvalue weighted by Crippen LogP contribution is -2.02. The maximum absolute atomic E-state index is 10.4. The average molecular weight is 240 g/mol. The van der Waals surface area contributed by atoms with Crippen LogP contribution in [0.2, 0.25) is 0 Å². The van der Waals surface area contributed by atoms with E-state index in [0.717, 1.165) is 5.56 Å². The summed E-state index contributed by atoms with van der Waals surface area (Å²) in [4.78, 5) is 0. The summed E-state index contributed by atoms with van der Waals surface area (Å²) >= 11 is 0. The van der Waals surface area contributed by atoms with E-state index in [0.29, 0.717) is 12.8 Å². The monoisotopic (exact) mass is 240 g/mol. The Morgan fingerprint density at radius 1 is 1.19 bits per heavy atom. The molecule has 0 saturated heterocycles. The van der Waals surface area contributed by atoms with Gasteiger partial charge < -0.3 is 0 Å². The van der Waals surface area contributed by atoms with Crippen LogP contribution in [0.3, 0.4) is 0 Å². The molecule has 0 fully saturated rings. The normalized spacial score (nSPS) is 9.81. The molecule has 0 atom stereocenters. The Balaban J connectivity index is 0.00000225. The first-order chi connectivity index (χ1) is 7.08. The van der Waals surface area contributed by atoms with Crippen molar-refractivity contribution < 1.29 is 13.0 Å². The fourth-order valence-electron chi connectivity index (χ4n) is 1.03. The van der Waals surface area contributed by atoms with Gasteiger partial charge in [-0.1, -0.05) is 37.5 Å². The number of hydrogen-bond donors (Lipinski definition) is 1. The predicted molar refractivity (Wildman–Crippen MR) is 65.7 cm³/mol. The lowest BCUT2D eigenvalue weighted by Gasteiger charge is -1.91. The largest absolute Gasteiger partial charge is 0.286 e. The Bertz CT molecular complexity index is 452. The zero-order chi connectivity index (χ0) is 11.1. The number of hydrogen-bond acceptors (Lipinski definition) is 2. The molecule has 1 aromatic carbocycles. The Morgan fingerprint density at radius 3 is 2.38 bits per heavy atom. The third-order valence-corrected chi connectivity index (χ3v) is 2.52.